The summed E-state index contributed by atoms with van der Waals surface area (Å²) in [6.07, 6.45) is 6.31. The topological polar surface area (TPSA) is 16.1 Å². The predicted octanol–water partition coefficient (Wildman–Crippen LogP) is 5.38. The zero-order chi connectivity index (χ0) is 16.4. The number of halogens is 1. The Bertz CT molecular complexity index is 859. The van der Waals surface area contributed by atoms with Crippen LogP contribution in [0.3, 0.4) is 0 Å². The number of pyridine rings is 1. The van der Waals surface area contributed by atoms with Crippen LogP contribution in [0.2, 0.25) is 0 Å². The highest BCUT2D eigenvalue weighted by molar-refractivity contribution is 14.1. The molecule has 0 saturated heterocycles. The normalized spacial score (nSPS) is 11.3. The van der Waals surface area contributed by atoms with Crippen molar-refractivity contribution in [3.8, 4) is 0 Å². The molecule has 0 saturated carbocycles. The van der Waals surface area contributed by atoms with Crippen molar-refractivity contribution >= 4 is 51.3 Å². The van der Waals surface area contributed by atoms with Crippen molar-refractivity contribution in [3.05, 3.63) is 68.9 Å². The smallest absolute Gasteiger partial charge is 0.0708 e. The number of hydrogen-bond acceptors (Lipinski definition) is 2. The number of nitrogens with zero attached hydrogens (tertiary/aromatic N) is 2. The van der Waals surface area contributed by atoms with E-state index in [-0.39, 0.29) is 0 Å². The molecule has 3 rings (SSSR count). The predicted molar refractivity (Wildman–Crippen MR) is 109 cm³/mol. The molecule has 0 aliphatic heterocycles. The molecule has 1 heterocycles. The van der Waals surface area contributed by atoms with Gasteiger partial charge in [-0.2, -0.15) is 0 Å². The van der Waals surface area contributed by atoms with Crippen LogP contribution in [0.1, 0.15) is 16.7 Å². The summed E-state index contributed by atoms with van der Waals surface area (Å²) in [4.78, 5) is 6.63. The average molecular weight is 414 g/mol. The Kier molecular flexibility index (Phi) is 4.66. The Morgan fingerprint density at radius 3 is 2.43 bits per heavy atom. The summed E-state index contributed by atoms with van der Waals surface area (Å²) in [7, 11) is 4.11. The summed E-state index contributed by atoms with van der Waals surface area (Å²) in [6, 6.07) is 15.0. The third kappa shape index (κ3) is 3.55. The Morgan fingerprint density at radius 2 is 1.74 bits per heavy atom. The Hall–Kier alpha value is -1.88. The fourth-order valence-electron chi connectivity index (χ4n) is 2.57. The van der Waals surface area contributed by atoms with Gasteiger partial charge < -0.3 is 4.90 Å². The van der Waals surface area contributed by atoms with Crippen LogP contribution in [0.25, 0.3) is 23.1 Å². The van der Waals surface area contributed by atoms with E-state index in [1.54, 1.807) is 0 Å². The van der Waals surface area contributed by atoms with Crippen molar-refractivity contribution < 1.29 is 0 Å². The lowest BCUT2D eigenvalue weighted by Crippen LogP contribution is -2.07. The molecule has 2 nitrogen and oxygen atoms in total. The van der Waals surface area contributed by atoms with Gasteiger partial charge in [0.05, 0.1) is 5.52 Å². The van der Waals surface area contributed by atoms with E-state index in [9.17, 15) is 0 Å². The standard InChI is InChI=1S/C20H19IN2/c1-14-13-22-20-11-7-16(21)12-19(20)18(14)10-6-15-4-8-17(9-5-15)23(2)3/h4-13H,1-3H3/b10-6+. The van der Waals surface area contributed by atoms with E-state index in [2.05, 4.69) is 108 Å². The molecule has 0 amide bonds. The van der Waals surface area contributed by atoms with Crippen molar-refractivity contribution in [1.29, 1.82) is 0 Å². The number of rotatable bonds is 3. The number of anilines is 1. The van der Waals surface area contributed by atoms with Crippen molar-refractivity contribution in [3.63, 3.8) is 0 Å². The van der Waals surface area contributed by atoms with Crippen LogP contribution in [0.4, 0.5) is 5.69 Å². The SMILES string of the molecule is Cc1cnc2ccc(I)cc2c1/C=C/c1ccc(N(C)C)cc1. The van der Waals surface area contributed by atoms with Gasteiger partial charge >= 0.3 is 0 Å². The van der Waals surface area contributed by atoms with Gasteiger partial charge in [0, 0.05) is 34.9 Å². The molecule has 116 valence electrons. The maximum absolute atomic E-state index is 4.53. The Labute approximate surface area is 151 Å². The average Bonchev–Trinajstić information content (AvgIpc) is 2.54. The fourth-order valence-corrected chi connectivity index (χ4v) is 3.06. The van der Waals surface area contributed by atoms with E-state index in [4.69, 9.17) is 0 Å². The Morgan fingerprint density at radius 1 is 1.00 bits per heavy atom. The molecule has 0 atom stereocenters. The van der Waals surface area contributed by atoms with Gasteiger partial charge in [0.15, 0.2) is 0 Å². The van der Waals surface area contributed by atoms with Crippen LogP contribution in [-0.2, 0) is 0 Å². The molecular formula is C20H19IN2. The minimum absolute atomic E-state index is 1.04. The molecule has 0 N–H and O–H groups in total. The lowest BCUT2D eigenvalue weighted by molar-refractivity contribution is 1.13. The minimum atomic E-state index is 1.04. The summed E-state index contributed by atoms with van der Waals surface area (Å²) in [5, 5.41) is 1.21. The largest absolute Gasteiger partial charge is 0.378 e. The molecule has 0 fully saturated rings. The first-order chi connectivity index (χ1) is 11.0. The summed E-state index contributed by atoms with van der Waals surface area (Å²) in [6.45, 7) is 2.11. The van der Waals surface area contributed by atoms with Crippen LogP contribution in [0, 0.1) is 10.5 Å². The van der Waals surface area contributed by atoms with Gasteiger partial charge in [-0.3, -0.25) is 4.98 Å². The highest BCUT2D eigenvalue weighted by Gasteiger charge is 2.04. The van der Waals surface area contributed by atoms with Gasteiger partial charge in [0.2, 0.25) is 0 Å². The third-order valence-electron chi connectivity index (χ3n) is 3.92. The molecule has 0 aliphatic rings. The highest BCUT2D eigenvalue weighted by atomic mass is 127. The zero-order valence-corrected chi connectivity index (χ0v) is 15.7. The van der Waals surface area contributed by atoms with E-state index < -0.39 is 0 Å². The van der Waals surface area contributed by atoms with Crippen molar-refractivity contribution in [2.75, 3.05) is 19.0 Å². The first kappa shape index (κ1) is 16.0. The van der Waals surface area contributed by atoms with Gasteiger partial charge in [0.25, 0.3) is 0 Å². The van der Waals surface area contributed by atoms with Crippen molar-refractivity contribution in [2.24, 2.45) is 0 Å². The van der Waals surface area contributed by atoms with E-state index in [1.807, 2.05) is 6.20 Å². The summed E-state index contributed by atoms with van der Waals surface area (Å²) < 4.78 is 1.23. The first-order valence-corrected chi connectivity index (χ1v) is 8.63. The summed E-state index contributed by atoms with van der Waals surface area (Å²) in [5.41, 5.74) is 5.89. The van der Waals surface area contributed by atoms with Crippen LogP contribution in [0.15, 0.2) is 48.7 Å². The Balaban J connectivity index is 2.00. The van der Waals surface area contributed by atoms with Crippen LogP contribution in [-0.4, -0.2) is 19.1 Å². The van der Waals surface area contributed by atoms with Crippen LogP contribution < -0.4 is 4.90 Å². The zero-order valence-electron chi connectivity index (χ0n) is 13.5. The first-order valence-electron chi connectivity index (χ1n) is 7.55. The lowest BCUT2D eigenvalue weighted by atomic mass is 10.0. The molecule has 0 aliphatic carbocycles. The maximum atomic E-state index is 4.53. The number of benzene rings is 2. The second-order valence-electron chi connectivity index (χ2n) is 5.84. The lowest BCUT2D eigenvalue weighted by Gasteiger charge is -2.12. The molecule has 0 unspecified atom stereocenters. The molecular weight excluding hydrogens is 395 g/mol. The number of fused-ring (bicyclic) bond motifs is 1. The summed E-state index contributed by atoms with van der Waals surface area (Å²) in [5.74, 6) is 0. The second kappa shape index (κ2) is 6.71. The summed E-state index contributed by atoms with van der Waals surface area (Å²) >= 11 is 2.35. The van der Waals surface area contributed by atoms with Crippen LogP contribution in [0.5, 0.6) is 0 Å². The number of aryl methyl sites for hydroxylation is 1. The second-order valence-corrected chi connectivity index (χ2v) is 7.08. The van der Waals surface area contributed by atoms with Gasteiger partial charge in [-0.25, -0.2) is 0 Å². The van der Waals surface area contributed by atoms with Gasteiger partial charge in [-0.15, -0.1) is 0 Å². The highest BCUT2D eigenvalue weighted by Crippen LogP contribution is 2.24. The van der Waals surface area contributed by atoms with Crippen molar-refractivity contribution in [1.82, 2.24) is 4.98 Å². The van der Waals surface area contributed by atoms with Gasteiger partial charge in [-0.05, 0) is 76.5 Å². The molecule has 3 heteroatoms. The molecule has 0 bridgehead atoms. The molecule has 23 heavy (non-hydrogen) atoms. The maximum Gasteiger partial charge on any atom is 0.0708 e. The monoisotopic (exact) mass is 414 g/mol. The molecule has 1 aromatic heterocycles. The van der Waals surface area contributed by atoms with Crippen molar-refractivity contribution in [2.45, 2.75) is 6.92 Å². The quantitative estimate of drug-likeness (QED) is 0.535. The van der Waals surface area contributed by atoms with E-state index in [1.165, 1.54) is 31.3 Å². The molecule has 2 aromatic carbocycles. The van der Waals surface area contributed by atoms with E-state index >= 15 is 0 Å². The molecule has 0 spiro atoms. The number of hydrogen-bond donors (Lipinski definition) is 0. The number of aromatic nitrogens is 1. The third-order valence-corrected chi connectivity index (χ3v) is 4.59. The van der Waals surface area contributed by atoms with E-state index in [0.29, 0.717) is 0 Å². The fraction of sp³-hybridized carbons (Fsp3) is 0.150. The van der Waals surface area contributed by atoms with Gasteiger partial charge in [0.1, 0.15) is 0 Å². The van der Waals surface area contributed by atoms with Crippen LogP contribution >= 0.6 is 22.6 Å². The molecule has 3 aromatic rings. The van der Waals surface area contributed by atoms with Gasteiger partial charge in [-0.1, -0.05) is 24.3 Å². The van der Waals surface area contributed by atoms with E-state index in [0.717, 1.165) is 5.52 Å². The minimum Gasteiger partial charge on any atom is -0.378 e. The molecule has 0 radical (unpaired) electrons.